The van der Waals surface area contributed by atoms with Crippen LogP contribution in [0, 0.1) is 0 Å². The number of carbonyl (C=O) groups excluding carboxylic acids is 3. The molecule has 0 bridgehead atoms. The normalized spacial score (nSPS) is 12.6. The fraction of sp³-hybridized carbons (Fsp3) is 0.770. The van der Waals surface area contributed by atoms with Crippen LogP contribution < -0.4 is 0 Å². The van der Waals surface area contributed by atoms with Gasteiger partial charge >= 0.3 is 17.9 Å². The summed E-state index contributed by atoms with van der Waals surface area (Å²) in [6, 6.07) is 0. The molecule has 0 aromatic heterocycles. The standard InChI is InChI=1S/C74H130O6/c1-4-7-10-13-16-19-22-25-28-31-34-36-37-38-41-43-46-49-52-55-58-61-64-67-73(76)79-70-71(69-78-72(75)66-63-60-57-54-51-48-45-42-39-33-30-27-24-21-18-15-12-9-6-3)80-74(77)68-65-62-59-56-53-50-47-44-40-35-32-29-26-23-20-17-14-11-8-5-2/h7,10,16,18-19,21,25,27-28,30,34,36,39,42,71H,4-6,8-9,11-15,17,20,22-24,26,29,31-33,35,37-38,40-41,43-70H2,1-3H3/b10-7-,19-16-,21-18-,28-25-,30-27-,36-34-,42-39-. The minimum atomic E-state index is -0.785. The molecular weight excluding hydrogens is 985 g/mol. The Kier molecular flexibility index (Phi) is 65.2. The van der Waals surface area contributed by atoms with Gasteiger partial charge < -0.3 is 14.2 Å². The lowest BCUT2D eigenvalue weighted by atomic mass is 10.0. The van der Waals surface area contributed by atoms with Crippen molar-refractivity contribution in [2.24, 2.45) is 0 Å². The lowest BCUT2D eigenvalue weighted by Crippen LogP contribution is -2.30. The second-order valence-corrected chi connectivity index (χ2v) is 23.1. The zero-order chi connectivity index (χ0) is 57.8. The van der Waals surface area contributed by atoms with Gasteiger partial charge in [-0.05, 0) is 96.3 Å². The van der Waals surface area contributed by atoms with Gasteiger partial charge in [0.05, 0.1) is 0 Å². The van der Waals surface area contributed by atoms with Gasteiger partial charge in [0.2, 0.25) is 0 Å². The van der Waals surface area contributed by atoms with Crippen LogP contribution in [-0.4, -0.2) is 37.2 Å². The summed E-state index contributed by atoms with van der Waals surface area (Å²) >= 11 is 0. The molecule has 6 heteroatoms. The lowest BCUT2D eigenvalue weighted by Gasteiger charge is -2.18. The summed E-state index contributed by atoms with van der Waals surface area (Å²) in [6.45, 7) is 6.54. The molecule has 0 rings (SSSR count). The van der Waals surface area contributed by atoms with Gasteiger partial charge in [0.15, 0.2) is 6.10 Å². The molecule has 80 heavy (non-hydrogen) atoms. The van der Waals surface area contributed by atoms with Gasteiger partial charge in [0.1, 0.15) is 13.2 Å². The monoisotopic (exact) mass is 1110 g/mol. The van der Waals surface area contributed by atoms with Crippen molar-refractivity contribution in [2.75, 3.05) is 13.2 Å². The Morgan fingerprint density at radius 2 is 0.487 bits per heavy atom. The largest absolute Gasteiger partial charge is 0.462 e. The number of hydrogen-bond acceptors (Lipinski definition) is 6. The van der Waals surface area contributed by atoms with Crippen LogP contribution in [0.3, 0.4) is 0 Å². The van der Waals surface area contributed by atoms with E-state index < -0.39 is 6.10 Å². The highest BCUT2D eigenvalue weighted by molar-refractivity contribution is 5.71. The van der Waals surface area contributed by atoms with E-state index in [1.54, 1.807) is 0 Å². The summed E-state index contributed by atoms with van der Waals surface area (Å²) in [5.74, 6) is -0.877. The summed E-state index contributed by atoms with van der Waals surface area (Å²) in [4.78, 5) is 38.5. The van der Waals surface area contributed by atoms with Crippen molar-refractivity contribution in [3.8, 4) is 0 Å². The zero-order valence-corrected chi connectivity index (χ0v) is 53.1. The molecule has 0 saturated carbocycles. The molecule has 0 fully saturated rings. The van der Waals surface area contributed by atoms with Crippen molar-refractivity contribution in [3.63, 3.8) is 0 Å². The zero-order valence-electron chi connectivity index (χ0n) is 53.1. The maximum atomic E-state index is 13.0. The van der Waals surface area contributed by atoms with E-state index in [2.05, 4.69) is 106 Å². The average molecular weight is 1120 g/mol. The Balaban J connectivity index is 4.38. The van der Waals surface area contributed by atoms with Gasteiger partial charge in [-0.25, -0.2) is 0 Å². The molecule has 0 spiro atoms. The second-order valence-electron chi connectivity index (χ2n) is 23.1. The van der Waals surface area contributed by atoms with E-state index in [4.69, 9.17) is 14.2 Å². The molecule has 0 amide bonds. The molecule has 0 heterocycles. The first-order chi connectivity index (χ1) is 39.5. The van der Waals surface area contributed by atoms with Crippen molar-refractivity contribution in [2.45, 2.75) is 354 Å². The van der Waals surface area contributed by atoms with Gasteiger partial charge in [-0.1, -0.05) is 318 Å². The van der Waals surface area contributed by atoms with E-state index in [1.807, 2.05) is 0 Å². The minimum absolute atomic E-state index is 0.0801. The van der Waals surface area contributed by atoms with E-state index in [0.717, 1.165) is 103 Å². The van der Waals surface area contributed by atoms with Crippen molar-refractivity contribution in [1.29, 1.82) is 0 Å². The molecule has 0 N–H and O–H groups in total. The Morgan fingerprint density at radius 1 is 0.263 bits per heavy atom. The third-order valence-electron chi connectivity index (χ3n) is 15.1. The van der Waals surface area contributed by atoms with Crippen LogP contribution in [0.15, 0.2) is 85.1 Å². The first kappa shape index (κ1) is 76.6. The highest BCUT2D eigenvalue weighted by atomic mass is 16.6. The Morgan fingerprint density at radius 3 is 0.787 bits per heavy atom. The van der Waals surface area contributed by atoms with Crippen molar-refractivity contribution < 1.29 is 28.6 Å². The maximum Gasteiger partial charge on any atom is 0.306 e. The second kappa shape index (κ2) is 68.1. The summed E-state index contributed by atoms with van der Waals surface area (Å²) in [7, 11) is 0. The first-order valence-electron chi connectivity index (χ1n) is 34.6. The number of rotatable bonds is 63. The van der Waals surface area contributed by atoms with Crippen LogP contribution >= 0.6 is 0 Å². The van der Waals surface area contributed by atoms with Gasteiger partial charge in [0.25, 0.3) is 0 Å². The summed E-state index contributed by atoms with van der Waals surface area (Å²) in [6.07, 6.45) is 90.2. The number of unbranched alkanes of at least 4 members (excludes halogenated alkanes) is 38. The van der Waals surface area contributed by atoms with E-state index in [1.165, 1.54) is 205 Å². The van der Waals surface area contributed by atoms with Crippen LogP contribution in [0.5, 0.6) is 0 Å². The molecular formula is C74H130O6. The molecule has 1 atom stereocenters. The summed E-state index contributed by atoms with van der Waals surface area (Å²) < 4.78 is 17.0. The third-order valence-corrected chi connectivity index (χ3v) is 15.1. The molecule has 0 aliphatic carbocycles. The number of carbonyl (C=O) groups is 3. The highest BCUT2D eigenvalue weighted by Gasteiger charge is 2.19. The smallest absolute Gasteiger partial charge is 0.306 e. The van der Waals surface area contributed by atoms with Crippen LogP contribution in [0.25, 0.3) is 0 Å². The van der Waals surface area contributed by atoms with Crippen LogP contribution in [0.1, 0.15) is 348 Å². The molecule has 0 aliphatic rings. The third kappa shape index (κ3) is 65.4. The molecule has 1 unspecified atom stereocenters. The van der Waals surface area contributed by atoms with Gasteiger partial charge in [-0.2, -0.15) is 0 Å². The number of hydrogen-bond donors (Lipinski definition) is 0. The molecule has 0 radical (unpaired) electrons. The predicted octanol–water partition coefficient (Wildman–Crippen LogP) is 23.8. The molecule has 0 aliphatic heterocycles. The van der Waals surface area contributed by atoms with E-state index >= 15 is 0 Å². The van der Waals surface area contributed by atoms with Gasteiger partial charge in [-0.15, -0.1) is 0 Å². The Hall–Kier alpha value is -3.41. The van der Waals surface area contributed by atoms with Crippen LogP contribution in [0.2, 0.25) is 0 Å². The fourth-order valence-electron chi connectivity index (χ4n) is 9.97. The van der Waals surface area contributed by atoms with Gasteiger partial charge in [-0.3, -0.25) is 14.4 Å². The molecule has 462 valence electrons. The maximum absolute atomic E-state index is 13.0. The van der Waals surface area contributed by atoms with Crippen LogP contribution in [0.4, 0.5) is 0 Å². The quantitative estimate of drug-likeness (QED) is 0.0261. The lowest BCUT2D eigenvalue weighted by molar-refractivity contribution is -0.167. The van der Waals surface area contributed by atoms with Gasteiger partial charge in [0, 0.05) is 19.3 Å². The SMILES string of the molecule is CC/C=C\C/C=C\C/C=C\C/C=C\CCCCCCCCCCCCC(=O)OCC(COC(=O)CCCCCCCC/C=C\C/C=C\C/C=C\CCCCC)OC(=O)CCCCCCCCCCCCCCCCCCCCCC. The number of ether oxygens (including phenoxy) is 3. The predicted molar refractivity (Wildman–Crippen MR) is 348 cm³/mol. The molecule has 0 aromatic carbocycles. The number of allylic oxidation sites excluding steroid dienone is 14. The first-order valence-corrected chi connectivity index (χ1v) is 34.6. The van der Waals surface area contributed by atoms with E-state index in [0.29, 0.717) is 19.3 Å². The molecule has 0 saturated heterocycles. The molecule has 6 nitrogen and oxygen atoms in total. The van der Waals surface area contributed by atoms with Crippen molar-refractivity contribution in [1.82, 2.24) is 0 Å². The van der Waals surface area contributed by atoms with E-state index in [9.17, 15) is 14.4 Å². The average Bonchev–Trinajstić information content (AvgIpc) is 3.46. The Bertz CT molecular complexity index is 1520. The summed E-state index contributed by atoms with van der Waals surface area (Å²) in [5, 5.41) is 0. The van der Waals surface area contributed by atoms with Crippen molar-refractivity contribution in [3.05, 3.63) is 85.1 Å². The highest BCUT2D eigenvalue weighted by Crippen LogP contribution is 2.17. The van der Waals surface area contributed by atoms with Crippen LogP contribution in [-0.2, 0) is 28.6 Å². The fourth-order valence-corrected chi connectivity index (χ4v) is 9.97. The Labute approximate surface area is 496 Å². The molecule has 0 aromatic rings. The number of esters is 3. The topological polar surface area (TPSA) is 78.9 Å². The van der Waals surface area contributed by atoms with E-state index in [-0.39, 0.29) is 31.1 Å². The summed E-state index contributed by atoms with van der Waals surface area (Å²) in [5.41, 5.74) is 0. The van der Waals surface area contributed by atoms with Crippen molar-refractivity contribution >= 4 is 17.9 Å². The minimum Gasteiger partial charge on any atom is -0.462 e.